The zero-order valence-corrected chi connectivity index (χ0v) is 16.8. The van der Waals surface area contributed by atoms with Gasteiger partial charge in [0.1, 0.15) is 11.6 Å². The Kier molecular flexibility index (Phi) is 9.15. The van der Waals surface area contributed by atoms with Gasteiger partial charge in [0, 0.05) is 26.1 Å². The highest BCUT2D eigenvalue weighted by molar-refractivity contribution is 14.0. The van der Waals surface area contributed by atoms with Crippen molar-refractivity contribution in [2.45, 2.75) is 45.2 Å². The van der Waals surface area contributed by atoms with Crippen molar-refractivity contribution in [3.05, 3.63) is 11.6 Å². The Labute approximate surface area is 154 Å². The zero-order valence-electron chi connectivity index (χ0n) is 13.6. The highest BCUT2D eigenvalue weighted by Crippen LogP contribution is 2.12. The standard InChI is InChI=1S/C14H26N6S.HI/c1-11-17-13-7-6-12(10-20(13)19-11)18-14(15-2)16-8-4-5-9-21-3;/h12H,4-10H2,1-3H3,(H2,15,16,18);1H. The Morgan fingerprint density at radius 3 is 3.00 bits per heavy atom. The van der Waals surface area contributed by atoms with Gasteiger partial charge >= 0.3 is 0 Å². The molecular weight excluding hydrogens is 411 g/mol. The van der Waals surface area contributed by atoms with Crippen molar-refractivity contribution in [3.8, 4) is 0 Å². The molecule has 1 atom stereocenters. The largest absolute Gasteiger partial charge is 0.356 e. The smallest absolute Gasteiger partial charge is 0.191 e. The van der Waals surface area contributed by atoms with Gasteiger partial charge in [0.05, 0.1) is 6.54 Å². The van der Waals surface area contributed by atoms with E-state index in [2.05, 4.69) is 32.0 Å². The van der Waals surface area contributed by atoms with Gasteiger partial charge in [-0.05, 0) is 38.2 Å². The summed E-state index contributed by atoms with van der Waals surface area (Å²) >= 11 is 1.90. The predicted molar refractivity (Wildman–Crippen MR) is 104 cm³/mol. The maximum Gasteiger partial charge on any atom is 0.191 e. The molecule has 0 saturated heterocycles. The lowest BCUT2D eigenvalue weighted by Gasteiger charge is -2.25. The second kappa shape index (κ2) is 10.3. The van der Waals surface area contributed by atoms with Crippen molar-refractivity contribution in [1.29, 1.82) is 0 Å². The first-order valence-corrected chi connectivity index (χ1v) is 8.98. The Morgan fingerprint density at radius 2 is 2.27 bits per heavy atom. The van der Waals surface area contributed by atoms with E-state index in [1.165, 1.54) is 18.6 Å². The number of rotatable bonds is 6. The van der Waals surface area contributed by atoms with Crippen LogP contribution in [0.1, 0.15) is 30.9 Å². The van der Waals surface area contributed by atoms with Gasteiger partial charge in [-0.15, -0.1) is 24.0 Å². The van der Waals surface area contributed by atoms with E-state index in [0.717, 1.165) is 43.5 Å². The molecule has 6 nitrogen and oxygen atoms in total. The number of unbranched alkanes of at least 4 members (excludes halogenated alkanes) is 1. The van der Waals surface area contributed by atoms with Crippen molar-refractivity contribution >= 4 is 41.7 Å². The summed E-state index contributed by atoms with van der Waals surface area (Å²) in [6.45, 7) is 3.78. The monoisotopic (exact) mass is 438 g/mol. The highest BCUT2D eigenvalue weighted by Gasteiger charge is 2.21. The maximum absolute atomic E-state index is 4.44. The van der Waals surface area contributed by atoms with Crippen molar-refractivity contribution < 1.29 is 0 Å². The minimum atomic E-state index is 0. The molecule has 0 bridgehead atoms. The van der Waals surface area contributed by atoms with Gasteiger partial charge in [0.25, 0.3) is 0 Å². The molecule has 22 heavy (non-hydrogen) atoms. The quantitative estimate of drug-likeness (QED) is 0.307. The summed E-state index contributed by atoms with van der Waals surface area (Å²) < 4.78 is 2.02. The number of hydrogen-bond acceptors (Lipinski definition) is 4. The van der Waals surface area contributed by atoms with Crippen LogP contribution in [0.4, 0.5) is 0 Å². The van der Waals surface area contributed by atoms with Gasteiger partial charge in [0.15, 0.2) is 5.96 Å². The Bertz CT molecular complexity index is 476. The van der Waals surface area contributed by atoms with Crippen LogP contribution >= 0.6 is 35.7 Å². The van der Waals surface area contributed by atoms with E-state index < -0.39 is 0 Å². The molecule has 2 N–H and O–H groups in total. The fourth-order valence-electron chi connectivity index (χ4n) is 2.52. The fourth-order valence-corrected chi connectivity index (χ4v) is 3.01. The minimum Gasteiger partial charge on any atom is -0.356 e. The number of halogens is 1. The minimum absolute atomic E-state index is 0. The number of aromatic nitrogens is 3. The molecule has 0 spiro atoms. The summed E-state index contributed by atoms with van der Waals surface area (Å²) in [6, 6.07) is 0.371. The summed E-state index contributed by atoms with van der Waals surface area (Å²) in [6.07, 6.45) is 6.63. The number of aliphatic imine (C=N–C) groups is 1. The van der Waals surface area contributed by atoms with E-state index in [9.17, 15) is 0 Å². The van der Waals surface area contributed by atoms with Crippen LogP contribution in [0.3, 0.4) is 0 Å². The first kappa shape index (κ1) is 19.5. The molecule has 2 heterocycles. The third-order valence-electron chi connectivity index (χ3n) is 3.60. The van der Waals surface area contributed by atoms with Crippen LogP contribution in [0.2, 0.25) is 0 Å². The molecule has 8 heteroatoms. The van der Waals surface area contributed by atoms with Gasteiger partial charge in [-0.3, -0.25) is 4.99 Å². The summed E-state index contributed by atoms with van der Waals surface area (Å²) in [7, 11) is 1.82. The Hall–Kier alpha value is -0.510. The number of aryl methyl sites for hydroxylation is 2. The van der Waals surface area contributed by atoms with Gasteiger partial charge in [-0.2, -0.15) is 16.9 Å². The van der Waals surface area contributed by atoms with E-state index in [1.54, 1.807) is 0 Å². The molecule has 1 aliphatic heterocycles. The van der Waals surface area contributed by atoms with E-state index in [1.807, 2.05) is 30.4 Å². The van der Waals surface area contributed by atoms with Crippen LogP contribution in [0.15, 0.2) is 4.99 Å². The van der Waals surface area contributed by atoms with Gasteiger partial charge in [-0.25, -0.2) is 9.67 Å². The first-order chi connectivity index (χ1) is 10.2. The second-order valence-corrected chi connectivity index (χ2v) is 6.32. The Balaban J connectivity index is 0.00000242. The number of guanidine groups is 1. The van der Waals surface area contributed by atoms with Crippen LogP contribution in [0.25, 0.3) is 0 Å². The highest BCUT2D eigenvalue weighted by atomic mass is 127. The molecule has 0 amide bonds. The van der Waals surface area contributed by atoms with Crippen LogP contribution in [-0.2, 0) is 13.0 Å². The van der Waals surface area contributed by atoms with E-state index in [4.69, 9.17) is 0 Å². The molecular formula is C14H27IN6S. The Morgan fingerprint density at radius 1 is 1.45 bits per heavy atom. The predicted octanol–water partition coefficient (Wildman–Crippen LogP) is 1.83. The van der Waals surface area contributed by atoms with E-state index >= 15 is 0 Å². The second-order valence-electron chi connectivity index (χ2n) is 5.34. The van der Waals surface area contributed by atoms with Gasteiger partial charge < -0.3 is 10.6 Å². The van der Waals surface area contributed by atoms with Gasteiger partial charge in [-0.1, -0.05) is 0 Å². The molecule has 1 unspecified atom stereocenters. The average molecular weight is 438 g/mol. The SMILES string of the molecule is CN=C(NCCCCSC)NC1CCc2nc(C)nn2C1.I. The van der Waals surface area contributed by atoms with Crippen LogP contribution in [-0.4, -0.2) is 52.4 Å². The normalized spacial score (nSPS) is 17.6. The first-order valence-electron chi connectivity index (χ1n) is 7.59. The average Bonchev–Trinajstić information content (AvgIpc) is 2.85. The molecule has 2 rings (SSSR count). The number of hydrogen-bond donors (Lipinski definition) is 2. The summed E-state index contributed by atoms with van der Waals surface area (Å²) in [5.41, 5.74) is 0. The lowest BCUT2D eigenvalue weighted by Crippen LogP contribution is -2.47. The molecule has 126 valence electrons. The van der Waals surface area contributed by atoms with Crippen molar-refractivity contribution in [3.63, 3.8) is 0 Å². The maximum atomic E-state index is 4.44. The number of fused-ring (bicyclic) bond motifs is 1. The number of nitrogens with one attached hydrogen (secondary N) is 2. The summed E-state index contributed by atoms with van der Waals surface area (Å²) in [5, 5.41) is 11.3. The van der Waals surface area contributed by atoms with Crippen molar-refractivity contribution in [2.24, 2.45) is 4.99 Å². The molecule has 0 radical (unpaired) electrons. The van der Waals surface area contributed by atoms with Gasteiger partial charge in [0.2, 0.25) is 0 Å². The number of thioether (sulfide) groups is 1. The van der Waals surface area contributed by atoms with E-state index in [0.29, 0.717) is 6.04 Å². The summed E-state index contributed by atoms with van der Waals surface area (Å²) in [5.74, 6) is 4.09. The van der Waals surface area contributed by atoms with E-state index in [-0.39, 0.29) is 24.0 Å². The number of nitrogens with zero attached hydrogens (tertiary/aromatic N) is 4. The topological polar surface area (TPSA) is 67.1 Å². The molecule has 1 aromatic heterocycles. The van der Waals surface area contributed by atoms with Crippen LogP contribution < -0.4 is 10.6 Å². The molecule has 0 aromatic carbocycles. The van der Waals surface area contributed by atoms with Crippen LogP contribution in [0, 0.1) is 6.92 Å². The lowest BCUT2D eigenvalue weighted by atomic mass is 10.1. The zero-order chi connectivity index (χ0) is 15.1. The van der Waals surface area contributed by atoms with Crippen molar-refractivity contribution in [1.82, 2.24) is 25.4 Å². The molecule has 1 aromatic rings. The summed E-state index contributed by atoms with van der Waals surface area (Å²) in [4.78, 5) is 8.74. The molecule has 0 saturated carbocycles. The lowest BCUT2D eigenvalue weighted by molar-refractivity contribution is 0.392. The molecule has 1 aliphatic rings. The van der Waals surface area contributed by atoms with Crippen molar-refractivity contribution in [2.75, 3.05) is 25.6 Å². The molecule has 0 fully saturated rings. The van der Waals surface area contributed by atoms with Crippen LogP contribution in [0.5, 0.6) is 0 Å². The third kappa shape index (κ3) is 5.94. The molecule has 0 aliphatic carbocycles. The third-order valence-corrected chi connectivity index (χ3v) is 4.29. The fraction of sp³-hybridized carbons (Fsp3) is 0.786.